The van der Waals surface area contributed by atoms with E-state index >= 15 is 0 Å². The third kappa shape index (κ3) is 3.28. The van der Waals surface area contributed by atoms with Crippen LogP contribution in [0.1, 0.15) is 17.2 Å². The molecule has 0 amide bonds. The summed E-state index contributed by atoms with van der Waals surface area (Å²) in [5.74, 6) is -0.852. The van der Waals surface area contributed by atoms with Gasteiger partial charge in [-0.15, -0.1) is 0 Å². The molecule has 2 nitrogen and oxygen atoms in total. The van der Waals surface area contributed by atoms with Gasteiger partial charge in [-0.2, -0.15) is 0 Å². The average Bonchev–Trinajstić information content (AvgIpc) is 2.40. The molecule has 1 unspecified atom stereocenters. The zero-order valence-corrected chi connectivity index (χ0v) is 11.1. The van der Waals surface area contributed by atoms with Gasteiger partial charge < -0.3 is 5.32 Å². The van der Waals surface area contributed by atoms with E-state index in [2.05, 4.69) is 10.3 Å². The number of nitrogens with one attached hydrogen (secondary N) is 1. The Morgan fingerprint density at radius 2 is 2.11 bits per heavy atom. The number of rotatable bonds is 4. The van der Waals surface area contributed by atoms with Crippen LogP contribution in [0.3, 0.4) is 0 Å². The highest BCUT2D eigenvalue weighted by molar-refractivity contribution is 6.31. The van der Waals surface area contributed by atoms with Gasteiger partial charge in [0.15, 0.2) is 0 Å². The predicted molar refractivity (Wildman–Crippen MR) is 71.1 cm³/mol. The molecule has 1 N–H and O–H groups in total. The number of benzene rings is 1. The number of hydrogen-bond acceptors (Lipinski definition) is 2. The lowest BCUT2D eigenvalue weighted by atomic mass is 10.00. The fourth-order valence-electron chi connectivity index (χ4n) is 1.93. The number of likely N-dealkylation sites (N-methyl/N-ethyl adjacent to an activating group) is 1. The summed E-state index contributed by atoms with van der Waals surface area (Å²) in [5, 5.41) is 3.16. The molecule has 0 aliphatic heterocycles. The molecule has 1 heterocycles. The third-order valence-electron chi connectivity index (χ3n) is 2.93. The Bertz CT molecular complexity index is 575. The largest absolute Gasteiger partial charge is 0.313 e. The van der Waals surface area contributed by atoms with E-state index in [4.69, 9.17) is 11.6 Å². The molecule has 0 radical (unpaired) electrons. The summed E-state index contributed by atoms with van der Waals surface area (Å²) in [4.78, 5) is 3.81. The molecular formula is C14H13ClF2N2. The number of pyridine rings is 1. The molecule has 19 heavy (non-hydrogen) atoms. The molecular weight excluding hydrogens is 270 g/mol. The predicted octanol–water partition coefficient (Wildman–Crippen LogP) is 3.52. The molecule has 0 aliphatic rings. The molecule has 0 fully saturated rings. The average molecular weight is 283 g/mol. The topological polar surface area (TPSA) is 24.9 Å². The summed E-state index contributed by atoms with van der Waals surface area (Å²) in [5.41, 5.74) is 1.37. The van der Waals surface area contributed by atoms with E-state index in [0.717, 1.165) is 6.20 Å². The first kappa shape index (κ1) is 13.9. The third-order valence-corrected chi connectivity index (χ3v) is 3.36. The van der Waals surface area contributed by atoms with E-state index in [-0.39, 0.29) is 11.1 Å². The Hall–Kier alpha value is -1.52. The second kappa shape index (κ2) is 6.08. The second-order valence-electron chi connectivity index (χ2n) is 4.19. The van der Waals surface area contributed by atoms with E-state index in [1.54, 1.807) is 25.4 Å². The van der Waals surface area contributed by atoms with Crippen molar-refractivity contribution in [2.75, 3.05) is 7.05 Å². The maximum Gasteiger partial charge on any atom is 0.142 e. The number of halogens is 3. The monoisotopic (exact) mass is 282 g/mol. The van der Waals surface area contributed by atoms with Crippen molar-refractivity contribution in [1.82, 2.24) is 10.3 Å². The molecule has 0 bridgehead atoms. The Balaban J connectivity index is 2.26. The Labute approximate surface area is 115 Å². The first-order chi connectivity index (χ1) is 9.11. The first-order valence-corrected chi connectivity index (χ1v) is 6.20. The number of aromatic nitrogens is 1. The van der Waals surface area contributed by atoms with E-state index in [9.17, 15) is 8.78 Å². The van der Waals surface area contributed by atoms with Gasteiger partial charge in [-0.3, -0.25) is 4.98 Å². The maximum atomic E-state index is 13.4. The lowest BCUT2D eigenvalue weighted by Gasteiger charge is -2.17. The Morgan fingerprint density at radius 3 is 2.79 bits per heavy atom. The number of nitrogens with zero attached hydrogens (tertiary/aromatic N) is 1. The Morgan fingerprint density at radius 1 is 1.32 bits per heavy atom. The van der Waals surface area contributed by atoms with Crippen LogP contribution in [-0.2, 0) is 6.42 Å². The van der Waals surface area contributed by atoms with Crippen LogP contribution in [0.5, 0.6) is 0 Å². The standard InChI is InChI=1S/C14H13ClF2N2/c1-18-13(10-5-11(16)8-19-7-10)6-9-3-2-4-12(17)14(9)15/h2-5,7-8,13,18H,6H2,1H3. The second-order valence-corrected chi connectivity index (χ2v) is 4.57. The summed E-state index contributed by atoms with van der Waals surface area (Å²) >= 11 is 5.92. The van der Waals surface area contributed by atoms with Gasteiger partial charge in [-0.1, -0.05) is 23.7 Å². The minimum absolute atomic E-state index is 0.104. The van der Waals surface area contributed by atoms with E-state index in [0.29, 0.717) is 17.5 Å². The van der Waals surface area contributed by atoms with Crippen molar-refractivity contribution in [2.24, 2.45) is 0 Å². The van der Waals surface area contributed by atoms with Gasteiger partial charge in [0.2, 0.25) is 0 Å². The van der Waals surface area contributed by atoms with Gasteiger partial charge in [0.05, 0.1) is 11.2 Å². The summed E-state index contributed by atoms with van der Waals surface area (Å²) in [6.45, 7) is 0. The van der Waals surface area contributed by atoms with Crippen molar-refractivity contribution in [3.63, 3.8) is 0 Å². The van der Waals surface area contributed by atoms with Crippen molar-refractivity contribution in [3.8, 4) is 0 Å². The summed E-state index contributed by atoms with van der Waals surface area (Å²) in [6, 6.07) is 5.89. The van der Waals surface area contributed by atoms with Crippen LogP contribution in [0.15, 0.2) is 36.7 Å². The van der Waals surface area contributed by atoms with Gasteiger partial charge in [0.1, 0.15) is 11.6 Å². The quantitative estimate of drug-likeness (QED) is 0.928. The molecule has 0 spiro atoms. The molecule has 0 saturated heterocycles. The van der Waals surface area contributed by atoms with Gasteiger partial charge in [0, 0.05) is 12.2 Å². The van der Waals surface area contributed by atoms with Crippen LogP contribution < -0.4 is 5.32 Å². The lowest BCUT2D eigenvalue weighted by Crippen LogP contribution is -2.19. The molecule has 1 aromatic carbocycles. The molecule has 1 atom stereocenters. The highest BCUT2D eigenvalue weighted by Crippen LogP contribution is 2.25. The SMILES string of the molecule is CNC(Cc1cccc(F)c1Cl)c1cncc(F)c1. The molecule has 1 aromatic heterocycles. The van der Waals surface area contributed by atoms with Crippen molar-refractivity contribution in [3.05, 3.63) is 64.4 Å². The van der Waals surface area contributed by atoms with Crippen LogP contribution in [0.4, 0.5) is 8.78 Å². The van der Waals surface area contributed by atoms with E-state index < -0.39 is 11.6 Å². The molecule has 2 aromatic rings. The Kier molecular flexibility index (Phi) is 4.45. The van der Waals surface area contributed by atoms with Gasteiger partial charge >= 0.3 is 0 Å². The smallest absolute Gasteiger partial charge is 0.142 e. The summed E-state index contributed by atoms with van der Waals surface area (Å²) in [7, 11) is 1.75. The van der Waals surface area contributed by atoms with Crippen LogP contribution in [0.25, 0.3) is 0 Å². The minimum atomic E-state index is -0.452. The van der Waals surface area contributed by atoms with Crippen LogP contribution in [-0.4, -0.2) is 12.0 Å². The number of hydrogen-bond donors (Lipinski definition) is 1. The molecule has 100 valence electrons. The van der Waals surface area contributed by atoms with Crippen molar-refractivity contribution >= 4 is 11.6 Å². The van der Waals surface area contributed by atoms with Gasteiger partial charge in [0.25, 0.3) is 0 Å². The van der Waals surface area contributed by atoms with Gasteiger partial charge in [-0.25, -0.2) is 8.78 Å². The highest BCUT2D eigenvalue weighted by atomic mass is 35.5. The minimum Gasteiger partial charge on any atom is -0.313 e. The lowest BCUT2D eigenvalue weighted by molar-refractivity contribution is 0.568. The van der Waals surface area contributed by atoms with Crippen molar-refractivity contribution in [2.45, 2.75) is 12.5 Å². The van der Waals surface area contributed by atoms with E-state index in [1.807, 2.05) is 0 Å². The molecule has 0 aliphatic carbocycles. The zero-order valence-electron chi connectivity index (χ0n) is 10.3. The molecule has 5 heteroatoms. The van der Waals surface area contributed by atoms with Crippen LogP contribution in [0.2, 0.25) is 5.02 Å². The van der Waals surface area contributed by atoms with E-state index in [1.165, 1.54) is 12.1 Å². The normalized spacial score (nSPS) is 12.4. The van der Waals surface area contributed by atoms with Crippen LogP contribution in [0, 0.1) is 11.6 Å². The van der Waals surface area contributed by atoms with Crippen LogP contribution >= 0.6 is 11.6 Å². The summed E-state index contributed by atoms with van der Waals surface area (Å²) in [6.07, 6.45) is 3.18. The first-order valence-electron chi connectivity index (χ1n) is 5.82. The van der Waals surface area contributed by atoms with Gasteiger partial charge in [-0.05, 0) is 36.7 Å². The summed E-state index contributed by atoms with van der Waals surface area (Å²) < 4.78 is 26.5. The molecule has 2 rings (SSSR count). The molecule has 0 saturated carbocycles. The maximum absolute atomic E-state index is 13.4. The highest BCUT2D eigenvalue weighted by Gasteiger charge is 2.14. The zero-order chi connectivity index (χ0) is 13.8. The fraction of sp³-hybridized carbons (Fsp3) is 0.214. The fourth-order valence-corrected chi connectivity index (χ4v) is 2.13. The van der Waals surface area contributed by atoms with Crippen molar-refractivity contribution in [1.29, 1.82) is 0 Å². The van der Waals surface area contributed by atoms with Crippen molar-refractivity contribution < 1.29 is 8.78 Å².